The van der Waals surface area contributed by atoms with Crippen molar-refractivity contribution in [1.29, 1.82) is 0 Å². The van der Waals surface area contributed by atoms with Crippen LogP contribution in [0.15, 0.2) is 30.3 Å². The number of hydrogen-bond acceptors (Lipinski definition) is 4. The van der Waals surface area contributed by atoms with Crippen molar-refractivity contribution in [2.24, 2.45) is 5.73 Å². The molecule has 2 N–H and O–H groups in total. The summed E-state index contributed by atoms with van der Waals surface area (Å²) in [7, 11) is 0. The molecule has 1 aromatic carbocycles. The summed E-state index contributed by atoms with van der Waals surface area (Å²) in [4.78, 5) is 5.75. The molecule has 3 nitrogen and oxygen atoms in total. The molecule has 2 rings (SSSR count). The minimum atomic E-state index is 0.0444. The highest BCUT2D eigenvalue weighted by molar-refractivity contribution is 7.11. The van der Waals surface area contributed by atoms with Crippen LogP contribution in [0.4, 0.5) is 0 Å². The lowest BCUT2D eigenvalue weighted by atomic mass is 10.2. The molecule has 1 unspecified atom stereocenters. The van der Waals surface area contributed by atoms with E-state index in [1.54, 1.807) is 11.3 Å². The Morgan fingerprint density at radius 1 is 1.33 bits per heavy atom. The molecule has 1 atom stereocenters. The molecule has 1 heterocycles. The number of aryl methyl sites for hydroxylation is 1. The van der Waals surface area contributed by atoms with Crippen LogP contribution in [-0.2, 0) is 13.0 Å². The standard InChI is InChI=1S/C14H18N2OS/c1-3-12-14(10(2)15)18-13(16-12)9-17-11-7-5-4-6-8-11/h4-8,10H,3,9,15H2,1-2H3. The van der Waals surface area contributed by atoms with E-state index in [2.05, 4.69) is 11.9 Å². The highest BCUT2D eigenvalue weighted by Crippen LogP contribution is 2.25. The van der Waals surface area contributed by atoms with Gasteiger partial charge < -0.3 is 10.5 Å². The van der Waals surface area contributed by atoms with E-state index in [0.29, 0.717) is 6.61 Å². The Balaban J connectivity index is 2.06. The van der Waals surface area contributed by atoms with Crippen molar-refractivity contribution in [3.8, 4) is 5.75 Å². The second kappa shape index (κ2) is 5.98. The van der Waals surface area contributed by atoms with E-state index in [9.17, 15) is 0 Å². The maximum atomic E-state index is 5.94. The third-order valence-corrected chi connectivity index (χ3v) is 3.90. The molecule has 0 aliphatic heterocycles. The van der Waals surface area contributed by atoms with Gasteiger partial charge in [-0.25, -0.2) is 4.98 Å². The highest BCUT2D eigenvalue weighted by Gasteiger charge is 2.13. The molecule has 0 amide bonds. The lowest BCUT2D eigenvalue weighted by Gasteiger charge is -2.02. The Morgan fingerprint density at radius 2 is 2.06 bits per heavy atom. The van der Waals surface area contributed by atoms with Gasteiger partial charge >= 0.3 is 0 Å². The number of rotatable bonds is 5. The van der Waals surface area contributed by atoms with Crippen molar-refractivity contribution >= 4 is 11.3 Å². The van der Waals surface area contributed by atoms with Crippen LogP contribution in [0.25, 0.3) is 0 Å². The summed E-state index contributed by atoms with van der Waals surface area (Å²) in [6, 6.07) is 9.83. The molecule has 2 aromatic rings. The topological polar surface area (TPSA) is 48.1 Å². The highest BCUT2D eigenvalue weighted by atomic mass is 32.1. The van der Waals surface area contributed by atoms with Crippen LogP contribution in [-0.4, -0.2) is 4.98 Å². The maximum absolute atomic E-state index is 5.94. The Morgan fingerprint density at radius 3 is 2.61 bits per heavy atom. The van der Waals surface area contributed by atoms with Gasteiger partial charge in [-0.1, -0.05) is 25.1 Å². The zero-order valence-electron chi connectivity index (χ0n) is 10.7. The van der Waals surface area contributed by atoms with E-state index in [1.165, 1.54) is 4.88 Å². The zero-order valence-corrected chi connectivity index (χ0v) is 11.5. The summed E-state index contributed by atoms with van der Waals surface area (Å²) >= 11 is 1.65. The number of ether oxygens (including phenoxy) is 1. The molecular weight excluding hydrogens is 244 g/mol. The van der Waals surface area contributed by atoms with Crippen molar-refractivity contribution < 1.29 is 4.74 Å². The molecular formula is C14H18N2OS. The number of benzene rings is 1. The van der Waals surface area contributed by atoms with Gasteiger partial charge in [0.25, 0.3) is 0 Å². The second-order valence-electron chi connectivity index (χ2n) is 4.16. The molecule has 18 heavy (non-hydrogen) atoms. The molecule has 0 saturated carbocycles. The fourth-order valence-corrected chi connectivity index (χ4v) is 2.77. The van der Waals surface area contributed by atoms with Crippen LogP contribution in [0.2, 0.25) is 0 Å². The molecule has 96 valence electrons. The number of para-hydroxylation sites is 1. The van der Waals surface area contributed by atoms with E-state index in [-0.39, 0.29) is 6.04 Å². The van der Waals surface area contributed by atoms with Gasteiger partial charge in [0.05, 0.1) is 5.69 Å². The van der Waals surface area contributed by atoms with Crippen LogP contribution in [0, 0.1) is 0 Å². The summed E-state index contributed by atoms with van der Waals surface area (Å²) in [6.45, 7) is 4.60. The molecule has 4 heteroatoms. The van der Waals surface area contributed by atoms with Crippen LogP contribution in [0.3, 0.4) is 0 Å². The van der Waals surface area contributed by atoms with E-state index in [0.717, 1.165) is 22.9 Å². The average molecular weight is 262 g/mol. The lowest BCUT2D eigenvalue weighted by Crippen LogP contribution is -2.05. The normalized spacial score (nSPS) is 12.4. The van der Waals surface area contributed by atoms with E-state index in [4.69, 9.17) is 10.5 Å². The summed E-state index contributed by atoms with van der Waals surface area (Å²) in [5.41, 5.74) is 7.04. The zero-order chi connectivity index (χ0) is 13.0. The summed E-state index contributed by atoms with van der Waals surface area (Å²) in [5.74, 6) is 0.869. The predicted octanol–water partition coefficient (Wildman–Crippen LogP) is 3.30. The Bertz CT molecular complexity index is 494. The number of hydrogen-bond donors (Lipinski definition) is 1. The molecule has 0 fully saturated rings. The van der Waals surface area contributed by atoms with Crippen LogP contribution >= 0.6 is 11.3 Å². The molecule has 0 aliphatic carbocycles. The van der Waals surface area contributed by atoms with E-state index in [1.807, 2.05) is 37.3 Å². The summed E-state index contributed by atoms with van der Waals surface area (Å²) < 4.78 is 5.69. The van der Waals surface area contributed by atoms with Gasteiger partial charge in [0.1, 0.15) is 17.4 Å². The van der Waals surface area contributed by atoms with Crippen molar-refractivity contribution in [2.75, 3.05) is 0 Å². The second-order valence-corrected chi connectivity index (χ2v) is 5.28. The third-order valence-electron chi connectivity index (χ3n) is 2.63. The minimum Gasteiger partial charge on any atom is -0.486 e. The Kier molecular flexibility index (Phi) is 4.33. The van der Waals surface area contributed by atoms with Gasteiger partial charge in [-0.2, -0.15) is 0 Å². The lowest BCUT2D eigenvalue weighted by molar-refractivity contribution is 0.305. The largest absolute Gasteiger partial charge is 0.486 e. The van der Waals surface area contributed by atoms with Gasteiger partial charge in [-0.15, -0.1) is 11.3 Å². The molecule has 0 spiro atoms. The quantitative estimate of drug-likeness (QED) is 0.899. The van der Waals surface area contributed by atoms with Crippen LogP contribution in [0.1, 0.15) is 35.5 Å². The number of nitrogens with zero attached hydrogens (tertiary/aromatic N) is 1. The first-order valence-electron chi connectivity index (χ1n) is 6.12. The Labute approximate surface area is 112 Å². The van der Waals surface area contributed by atoms with Gasteiger partial charge in [0.2, 0.25) is 0 Å². The maximum Gasteiger partial charge on any atom is 0.140 e. The average Bonchev–Trinajstić information content (AvgIpc) is 2.81. The van der Waals surface area contributed by atoms with E-state index < -0.39 is 0 Å². The molecule has 0 aliphatic rings. The van der Waals surface area contributed by atoms with Gasteiger partial charge in [-0.3, -0.25) is 0 Å². The van der Waals surface area contributed by atoms with Gasteiger partial charge in [-0.05, 0) is 25.5 Å². The Hall–Kier alpha value is -1.39. The fourth-order valence-electron chi connectivity index (χ4n) is 1.75. The first-order chi connectivity index (χ1) is 8.70. The number of nitrogens with two attached hydrogens (primary N) is 1. The van der Waals surface area contributed by atoms with Crippen molar-refractivity contribution in [3.05, 3.63) is 45.9 Å². The van der Waals surface area contributed by atoms with Gasteiger partial charge in [0, 0.05) is 10.9 Å². The molecule has 0 saturated heterocycles. The van der Waals surface area contributed by atoms with Gasteiger partial charge in [0.15, 0.2) is 0 Å². The molecule has 0 radical (unpaired) electrons. The smallest absolute Gasteiger partial charge is 0.140 e. The summed E-state index contributed by atoms with van der Waals surface area (Å²) in [5, 5.41) is 0.989. The SMILES string of the molecule is CCc1nc(COc2ccccc2)sc1C(C)N. The predicted molar refractivity (Wildman–Crippen MR) is 74.9 cm³/mol. The van der Waals surface area contributed by atoms with Crippen LogP contribution in [0.5, 0.6) is 5.75 Å². The van der Waals surface area contributed by atoms with Crippen molar-refractivity contribution in [2.45, 2.75) is 32.9 Å². The number of aromatic nitrogens is 1. The first kappa shape index (κ1) is 13.1. The van der Waals surface area contributed by atoms with Crippen LogP contribution < -0.4 is 10.5 Å². The molecule has 0 bridgehead atoms. The summed E-state index contributed by atoms with van der Waals surface area (Å²) in [6.07, 6.45) is 0.915. The monoisotopic (exact) mass is 262 g/mol. The van der Waals surface area contributed by atoms with Crippen molar-refractivity contribution in [1.82, 2.24) is 4.98 Å². The minimum absolute atomic E-state index is 0.0444. The third kappa shape index (κ3) is 3.09. The van der Waals surface area contributed by atoms with Crippen molar-refractivity contribution in [3.63, 3.8) is 0 Å². The van der Waals surface area contributed by atoms with E-state index >= 15 is 0 Å². The first-order valence-corrected chi connectivity index (χ1v) is 6.94. The number of thiazole rings is 1. The molecule has 1 aromatic heterocycles. The fraction of sp³-hybridized carbons (Fsp3) is 0.357.